The zero-order valence-corrected chi connectivity index (χ0v) is 8.18. The Morgan fingerprint density at radius 1 is 1.06 bits per heavy atom. The van der Waals surface area contributed by atoms with Gasteiger partial charge in [0.2, 0.25) is 0 Å². The van der Waals surface area contributed by atoms with Crippen LogP contribution in [0.2, 0.25) is 0 Å². The Balaban J connectivity index is 2.46. The number of fused-ring (bicyclic) bond motifs is 3. The third-order valence-corrected chi connectivity index (χ3v) is 2.55. The summed E-state index contributed by atoms with van der Waals surface area (Å²) in [6.45, 7) is 0. The number of ketones is 1. The standard InChI is InChI=1S/C12H6N2O2/c15-11-9-8(6-14-12(11)16)4-3-7-2-1-5-13-10(7)9/h1-6H. The van der Waals surface area contributed by atoms with Gasteiger partial charge in [-0.2, -0.15) is 0 Å². The van der Waals surface area contributed by atoms with E-state index in [0.29, 0.717) is 16.6 Å². The lowest BCUT2D eigenvalue weighted by Crippen LogP contribution is -2.19. The van der Waals surface area contributed by atoms with Crippen molar-refractivity contribution in [2.75, 3.05) is 0 Å². The zero-order chi connectivity index (χ0) is 11.1. The van der Waals surface area contributed by atoms with Crippen LogP contribution in [-0.2, 0) is 4.79 Å². The summed E-state index contributed by atoms with van der Waals surface area (Å²) < 4.78 is 0. The van der Waals surface area contributed by atoms with Crippen molar-refractivity contribution in [2.24, 2.45) is 4.99 Å². The number of aliphatic imine (C=N–C) groups is 1. The van der Waals surface area contributed by atoms with E-state index in [1.807, 2.05) is 12.1 Å². The van der Waals surface area contributed by atoms with Crippen molar-refractivity contribution in [2.45, 2.75) is 0 Å². The Hall–Kier alpha value is -2.36. The van der Waals surface area contributed by atoms with Gasteiger partial charge in [0.1, 0.15) is 0 Å². The molecule has 0 saturated heterocycles. The van der Waals surface area contributed by atoms with Crippen molar-refractivity contribution in [3.8, 4) is 0 Å². The van der Waals surface area contributed by atoms with E-state index in [1.165, 1.54) is 6.21 Å². The highest BCUT2D eigenvalue weighted by Gasteiger charge is 2.25. The van der Waals surface area contributed by atoms with Crippen LogP contribution in [0.15, 0.2) is 35.5 Å². The van der Waals surface area contributed by atoms with Gasteiger partial charge in [-0.05, 0) is 6.07 Å². The summed E-state index contributed by atoms with van der Waals surface area (Å²) in [6, 6.07) is 7.27. The van der Waals surface area contributed by atoms with Crippen molar-refractivity contribution >= 4 is 28.8 Å². The fourth-order valence-corrected chi connectivity index (χ4v) is 1.80. The van der Waals surface area contributed by atoms with Crippen LogP contribution in [-0.4, -0.2) is 22.9 Å². The summed E-state index contributed by atoms with van der Waals surface area (Å²) in [5.74, 6) is -1.31. The molecule has 1 aliphatic heterocycles. The molecule has 2 aromatic rings. The maximum absolute atomic E-state index is 11.7. The minimum Gasteiger partial charge on any atom is -0.283 e. The van der Waals surface area contributed by atoms with E-state index in [2.05, 4.69) is 9.98 Å². The predicted octanol–water partition coefficient (Wildman–Crippen LogP) is 1.38. The molecule has 3 rings (SSSR count). The molecule has 0 radical (unpaired) electrons. The van der Waals surface area contributed by atoms with E-state index < -0.39 is 11.7 Å². The predicted molar refractivity (Wildman–Crippen MR) is 58.7 cm³/mol. The maximum Gasteiger partial charge on any atom is 0.318 e. The molecule has 0 aliphatic carbocycles. The van der Waals surface area contributed by atoms with Crippen molar-refractivity contribution in [1.82, 2.24) is 4.98 Å². The Morgan fingerprint density at radius 3 is 2.81 bits per heavy atom. The molecule has 1 amide bonds. The quantitative estimate of drug-likeness (QED) is 0.617. The number of aromatic nitrogens is 1. The number of hydrogen-bond acceptors (Lipinski definition) is 3. The summed E-state index contributed by atoms with van der Waals surface area (Å²) in [5, 5.41) is 0.845. The van der Waals surface area contributed by atoms with Crippen molar-refractivity contribution in [3.05, 3.63) is 41.6 Å². The number of benzene rings is 1. The van der Waals surface area contributed by atoms with E-state index in [1.54, 1.807) is 18.3 Å². The highest BCUT2D eigenvalue weighted by Crippen LogP contribution is 2.22. The average Bonchev–Trinajstić information content (AvgIpc) is 2.33. The minimum absolute atomic E-state index is 0.359. The first-order valence-electron chi connectivity index (χ1n) is 4.78. The number of carbonyl (C=O) groups is 2. The smallest absolute Gasteiger partial charge is 0.283 e. The first-order valence-corrected chi connectivity index (χ1v) is 4.78. The van der Waals surface area contributed by atoms with Crippen LogP contribution in [0.1, 0.15) is 15.9 Å². The molecule has 2 heterocycles. The molecule has 0 N–H and O–H groups in total. The SMILES string of the molecule is O=C1N=Cc2ccc3cccnc3c2C1=O. The topological polar surface area (TPSA) is 59.4 Å². The van der Waals surface area contributed by atoms with E-state index in [0.717, 1.165) is 5.39 Å². The van der Waals surface area contributed by atoms with E-state index >= 15 is 0 Å². The summed E-state index contributed by atoms with van der Waals surface area (Å²) in [7, 11) is 0. The number of nitrogens with zero attached hydrogens (tertiary/aromatic N) is 2. The second-order valence-electron chi connectivity index (χ2n) is 3.50. The largest absolute Gasteiger partial charge is 0.318 e. The van der Waals surface area contributed by atoms with Crippen LogP contribution in [0, 0.1) is 0 Å². The van der Waals surface area contributed by atoms with Gasteiger partial charge in [-0.1, -0.05) is 18.2 Å². The Kier molecular flexibility index (Phi) is 1.71. The highest BCUT2D eigenvalue weighted by atomic mass is 16.2. The molecule has 1 aromatic carbocycles. The van der Waals surface area contributed by atoms with Gasteiger partial charge >= 0.3 is 5.91 Å². The molecule has 1 aromatic heterocycles. The number of carbonyl (C=O) groups excluding carboxylic acids is 2. The van der Waals surface area contributed by atoms with Gasteiger partial charge in [0.05, 0.1) is 11.1 Å². The molecule has 0 unspecified atom stereocenters. The molecule has 1 aliphatic rings. The molecule has 0 bridgehead atoms. The Labute approximate surface area is 90.6 Å². The molecule has 0 fully saturated rings. The van der Waals surface area contributed by atoms with Gasteiger partial charge in [-0.3, -0.25) is 14.6 Å². The first kappa shape index (κ1) is 8.91. The van der Waals surface area contributed by atoms with Crippen LogP contribution >= 0.6 is 0 Å². The van der Waals surface area contributed by atoms with Gasteiger partial charge in [0, 0.05) is 23.4 Å². The van der Waals surface area contributed by atoms with Crippen LogP contribution in [0.4, 0.5) is 0 Å². The summed E-state index contributed by atoms with van der Waals surface area (Å²) in [6.07, 6.45) is 3.01. The summed E-state index contributed by atoms with van der Waals surface area (Å²) in [4.78, 5) is 30.6. The number of pyridine rings is 1. The summed E-state index contributed by atoms with van der Waals surface area (Å²) >= 11 is 0. The Morgan fingerprint density at radius 2 is 1.94 bits per heavy atom. The Bertz CT molecular complexity index is 659. The third kappa shape index (κ3) is 1.10. The normalized spacial score (nSPS) is 14.2. The molecule has 0 spiro atoms. The van der Waals surface area contributed by atoms with Gasteiger partial charge in [-0.15, -0.1) is 0 Å². The molecule has 0 saturated carbocycles. The lowest BCUT2D eigenvalue weighted by Gasteiger charge is -2.09. The number of rotatable bonds is 0. The van der Waals surface area contributed by atoms with Crippen LogP contribution in [0.25, 0.3) is 10.9 Å². The highest BCUT2D eigenvalue weighted by molar-refractivity contribution is 6.48. The zero-order valence-electron chi connectivity index (χ0n) is 8.18. The fraction of sp³-hybridized carbons (Fsp3) is 0. The lowest BCUT2D eigenvalue weighted by atomic mass is 9.98. The van der Waals surface area contributed by atoms with Gasteiger partial charge in [0.25, 0.3) is 5.78 Å². The fourth-order valence-electron chi connectivity index (χ4n) is 1.80. The molecule has 0 atom stereocenters. The van der Waals surface area contributed by atoms with Gasteiger partial charge in [-0.25, -0.2) is 4.99 Å². The molecular weight excluding hydrogens is 204 g/mol. The van der Waals surface area contributed by atoms with Gasteiger partial charge < -0.3 is 0 Å². The van der Waals surface area contributed by atoms with Crippen molar-refractivity contribution < 1.29 is 9.59 Å². The van der Waals surface area contributed by atoms with Crippen molar-refractivity contribution in [1.29, 1.82) is 0 Å². The van der Waals surface area contributed by atoms with Crippen molar-refractivity contribution in [3.63, 3.8) is 0 Å². The molecule has 4 heteroatoms. The monoisotopic (exact) mass is 210 g/mol. The minimum atomic E-state index is -0.731. The second kappa shape index (κ2) is 3.06. The van der Waals surface area contributed by atoms with Gasteiger partial charge in [0.15, 0.2) is 0 Å². The number of Topliss-reactive ketones (excluding diaryl/α,β-unsaturated/α-hetero) is 1. The van der Waals surface area contributed by atoms with Crippen LogP contribution in [0.3, 0.4) is 0 Å². The lowest BCUT2D eigenvalue weighted by molar-refractivity contribution is -0.113. The number of amides is 1. The second-order valence-corrected chi connectivity index (χ2v) is 3.50. The molecule has 76 valence electrons. The molecule has 16 heavy (non-hydrogen) atoms. The first-order chi connectivity index (χ1) is 7.77. The molecule has 4 nitrogen and oxygen atoms in total. The van der Waals surface area contributed by atoms with E-state index in [-0.39, 0.29) is 0 Å². The van der Waals surface area contributed by atoms with Crippen LogP contribution < -0.4 is 0 Å². The third-order valence-electron chi connectivity index (χ3n) is 2.55. The van der Waals surface area contributed by atoms with E-state index in [9.17, 15) is 9.59 Å². The van der Waals surface area contributed by atoms with E-state index in [4.69, 9.17) is 0 Å². The number of hydrogen-bond donors (Lipinski definition) is 0. The average molecular weight is 210 g/mol. The van der Waals surface area contributed by atoms with Crippen LogP contribution in [0.5, 0.6) is 0 Å². The summed E-state index contributed by atoms with van der Waals surface area (Å²) in [5.41, 5.74) is 1.57. The maximum atomic E-state index is 11.7. The molecular formula is C12H6N2O2.